The third kappa shape index (κ3) is 1.76. The Labute approximate surface area is 95.9 Å². The van der Waals surface area contributed by atoms with E-state index >= 15 is 0 Å². The molecule has 2 rings (SSSR count). The molecule has 2 unspecified atom stereocenters. The molecule has 3 atom stereocenters. The molecule has 2 saturated carbocycles. The van der Waals surface area contributed by atoms with E-state index in [4.69, 9.17) is 4.55 Å². The molecule has 2 bridgehead atoms. The van der Waals surface area contributed by atoms with Gasteiger partial charge < -0.3 is 0 Å². The van der Waals surface area contributed by atoms with Crippen molar-refractivity contribution in [3.63, 3.8) is 0 Å². The highest BCUT2D eigenvalue weighted by Crippen LogP contribution is 2.58. The van der Waals surface area contributed by atoms with Crippen LogP contribution in [-0.4, -0.2) is 24.1 Å². The van der Waals surface area contributed by atoms with E-state index in [1.165, 1.54) is 0 Å². The van der Waals surface area contributed by atoms with Crippen molar-refractivity contribution in [2.24, 2.45) is 17.8 Å². The van der Waals surface area contributed by atoms with Gasteiger partial charge in [0.2, 0.25) is 0 Å². The highest BCUT2D eigenvalue weighted by atomic mass is 32.2. The summed E-state index contributed by atoms with van der Waals surface area (Å²) in [5.74, 6) is -6.95. The van der Waals surface area contributed by atoms with Gasteiger partial charge in [0.1, 0.15) is 0 Å². The van der Waals surface area contributed by atoms with Crippen LogP contribution in [0.2, 0.25) is 0 Å². The molecule has 0 aromatic heterocycles. The summed E-state index contributed by atoms with van der Waals surface area (Å²) in [4.78, 5) is 0. The standard InChI is InChI=1S/C9H12F4O3S/c10-8(11,9(12,13)17(14,15)16)7-4-5-1-2-6(7)3-5/h5-7H,1-4H2,(H,14,15,16)/t5?,6?,7-/m1/s1. The highest BCUT2D eigenvalue weighted by Gasteiger charge is 2.71. The van der Waals surface area contributed by atoms with E-state index in [0.717, 1.165) is 6.42 Å². The third-order valence-electron chi connectivity index (χ3n) is 3.92. The Bertz CT molecular complexity index is 420. The number of rotatable bonds is 3. The molecule has 0 aliphatic heterocycles. The molecule has 2 fully saturated rings. The first kappa shape index (κ1) is 13.1. The summed E-state index contributed by atoms with van der Waals surface area (Å²) in [6, 6.07) is 0. The number of alkyl halides is 4. The first-order chi connectivity index (χ1) is 7.57. The monoisotopic (exact) mass is 276 g/mol. The van der Waals surface area contributed by atoms with Crippen LogP contribution in [0, 0.1) is 17.8 Å². The quantitative estimate of drug-likeness (QED) is 0.636. The van der Waals surface area contributed by atoms with Gasteiger partial charge in [0.05, 0.1) is 0 Å². The molecule has 0 radical (unpaired) electrons. The Morgan fingerprint density at radius 1 is 1.06 bits per heavy atom. The SMILES string of the molecule is O=S(=O)(O)C(F)(F)C(F)(F)[C@@H]1CC2CCC1C2. The van der Waals surface area contributed by atoms with Gasteiger partial charge in [-0.25, -0.2) is 0 Å². The van der Waals surface area contributed by atoms with Crippen molar-refractivity contribution in [2.75, 3.05) is 0 Å². The number of hydrogen-bond donors (Lipinski definition) is 1. The Morgan fingerprint density at radius 2 is 1.65 bits per heavy atom. The van der Waals surface area contributed by atoms with Crippen molar-refractivity contribution in [2.45, 2.75) is 36.9 Å². The first-order valence-electron chi connectivity index (χ1n) is 5.30. The molecule has 2 aliphatic rings. The molecular weight excluding hydrogens is 264 g/mol. The molecule has 0 spiro atoms. The van der Waals surface area contributed by atoms with Crippen molar-refractivity contribution in [1.82, 2.24) is 0 Å². The third-order valence-corrected chi connectivity index (χ3v) is 4.84. The van der Waals surface area contributed by atoms with Crippen LogP contribution >= 0.6 is 0 Å². The average Bonchev–Trinajstić information content (AvgIpc) is 2.76. The second-order valence-corrected chi connectivity index (χ2v) is 6.36. The topological polar surface area (TPSA) is 54.4 Å². The Morgan fingerprint density at radius 3 is 2.00 bits per heavy atom. The molecule has 0 heterocycles. The van der Waals surface area contributed by atoms with Gasteiger partial charge in [-0.2, -0.15) is 26.0 Å². The summed E-state index contributed by atoms with van der Waals surface area (Å²) >= 11 is 0. The van der Waals surface area contributed by atoms with Crippen molar-refractivity contribution >= 4 is 10.1 Å². The van der Waals surface area contributed by atoms with Gasteiger partial charge in [0.25, 0.3) is 0 Å². The predicted octanol–water partition coefficient (Wildman–Crippen LogP) is 2.54. The molecule has 0 saturated heterocycles. The lowest BCUT2D eigenvalue weighted by Gasteiger charge is -2.33. The zero-order valence-electron chi connectivity index (χ0n) is 8.74. The fourth-order valence-electron chi connectivity index (χ4n) is 3.08. The van der Waals surface area contributed by atoms with E-state index in [9.17, 15) is 26.0 Å². The van der Waals surface area contributed by atoms with Gasteiger partial charge in [0.15, 0.2) is 0 Å². The Kier molecular flexibility index (Phi) is 2.74. The lowest BCUT2D eigenvalue weighted by Crippen LogP contribution is -2.52. The second kappa shape index (κ2) is 3.57. The van der Waals surface area contributed by atoms with E-state index in [1.807, 2.05) is 0 Å². The maximum atomic E-state index is 13.6. The van der Waals surface area contributed by atoms with Gasteiger partial charge in [-0.3, -0.25) is 4.55 Å². The molecule has 8 heteroatoms. The molecular formula is C9H12F4O3S. The Hall–Kier alpha value is -0.370. The van der Waals surface area contributed by atoms with E-state index in [2.05, 4.69) is 0 Å². The lowest BCUT2D eigenvalue weighted by atomic mass is 9.84. The van der Waals surface area contributed by atoms with Gasteiger partial charge in [-0.1, -0.05) is 6.42 Å². The van der Waals surface area contributed by atoms with Gasteiger partial charge in [-0.15, -0.1) is 0 Å². The second-order valence-electron chi connectivity index (χ2n) is 4.90. The number of fused-ring (bicyclic) bond motifs is 2. The van der Waals surface area contributed by atoms with Crippen molar-refractivity contribution in [3.05, 3.63) is 0 Å². The lowest BCUT2D eigenvalue weighted by molar-refractivity contribution is -0.202. The van der Waals surface area contributed by atoms with Crippen LogP contribution < -0.4 is 0 Å². The summed E-state index contributed by atoms with van der Waals surface area (Å²) < 4.78 is 82.4. The maximum absolute atomic E-state index is 13.6. The minimum absolute atomic E-state index is 0.0203. The fraction of sp³-hybridized carbons (Fsp3) is 1.00. The van der Waals surface area contributed by atoms with Gasteiger partial charge >= 0.3 is 21.3 Å². The molecule has 2 aliphatic carbocycles. The van der Waals surface area contributed by atoms with Crippen LogP contribution in [-0.2, 0) is 10.1 Å². The zero-order valence-corrected chi connectivity index (χ0v) is 9.56. The van der Waals surface area contributed by atoms with Crippen LogP contribution in [0.5, 0.6) is 0 Å². The average molecular weight is 276 g/mol. The van der Waals surface area contributed by atoms with Crippen molar-refractivity contribution < 1.29 is 30.5 Å². The Balaban J connectivity index is 2.31. The number of halogens is 4. The predicted molar refractivity (Wildman–Crippen MR) is 50.4 cm³/mol. The van der Waals surface area contributed by atoms with Crippen LogP contribution in [0.25, 0.3) is 0 Å². The molecule has 0 aromatic carbocycles. The van der Waals surface area contributed by atoms with Gasteiger partial charge in [-0.05, 0) is 31.1 Å². The summed E-state index contributed by atoms with van der Waals surface area (Å²) in [6.07, 6.45) is 1.51. The highest BCUT2D eigenvalue weighted by molar-refractivity contribution is 7.87. The van der Waals surface area contributed by atoms with Gasteiger partial charge in [0, 0.05) is 5.92 Å². The van der Waals surface area contributed by atoms with E-state index < -0.39 is 33.1 Å². The molecule has 0 aromatic rings. The minimum Gasteiger partial charge on any atom is -0.281 e. The van der Waals surface area contributed by atoms with E-state index in [0.29, 0.717) is 12.8 Å². The minimum atomic E-state index is -6.10. The van der Waals surface area contributed by atoms with Crippen LogP contribution in [0.3, 0.4) is 0 Å². The number of hydrogen-bond acceptors (Lipinski definition) is 2. The van der Waals surface area contributed by atoms with E-state index in [-0.39, 0.29) is 12.3 Å². The zero-order chi connectivity index (χ0) is 13.1. The van der Waals surface area contributed by atoms with Crippen molar-refractivity contribution in [3.8, 4) is 0 Å². The van der Waals surface area contributed by atoms with Crippen LogP contribution in [0.1, 0.15) is 25.7 Å². The van der Waals surface area contributed by atoms with Crippen LogP contribution in [0.15, 0.2) is 0 Å². The van der Waals surface area contributed by atoms with E-state index in [1.54, 1.807) is 0 Å². The summed E-state index contributed by atoms with van der Waals surface area (Å²) in [5, 5.41) is -5.41. The summed E-state index contributed by atoms with van der Waals surface area (Å²) in [5.41, 5.74) is 0. The largest absolute Gasteiger partial charge is 0.431 e. The summed E-state index contributed by atoms with van der Waals surface area (Å²) in [7, 11) is -6.10. The molecule has 17 heavy (non-hydrogen) atoms. The normalized spacial score (nSPS) is 34.3. The summed E-state index contributed by atoms with van der Waals surface area (Å²) in [6.45, 7) is 0. The maximum Gasteiger partial charge on any atom is 0.431 e. The van der Waals surface area contributed by atoms with Crippen LogP contribution in [0.4, 0.5) is 17.6 Å². The molecule has 0 amide bonds. The molecule has 3 nitrogen and oxygen atoms in total. The smallest absolute Gasteiger partial charge is 0.281 e. The molecule has 100 valence electrons. The van der Waals surface area contributed by atoms with Crippen molar-refractivity contribution in [1.29, 1.82) is 0 Å². The fourth-order valence-corrected chi connectivity index (χ4v) is 3.57. The first-order valence-corrected chi connectivity index (χ1v) is 6.74. The molecule has 1 N–H and O–H groups in total.